The normalized spacial score (nSPS) is 11.2. The minimum atomic E-state index is -1.00. The van der Waals surface area contributed by atoms with Gasteiger partial charge in [-0.05, 0) is 60.5 Å². The standard InChI is InChI=1S/C40H30N2O5S2/c1-25(43)37-31-21-29(47-23-27-9-3-2-4-10-27)19-20-33(31)42(34(37)24-48-35-13-7-5-11-30(35)40(45)46)22-26-15-17-28(18-16-26)38(44)39-41-32-12-6-8-14-36(32)49-39/h2-21H,22-24H2,1H3,(H,45,46). The first kappa shape index (κ1) is 32.1. The van der Waals surface area contributed by atoms with E-state index in [2.05, 4.69) is 9.55 Å². The maximum Gasteiger partial charge on any atom is 0.336 e. The second-order valence-electron chi connectivity index (χ2n) is 11.5. The molecule has 7 aromatic rings. The van der Waals surface area contributed by atoms with Crippen molar-refractivity contribution in [1.82, 2.24) is 9.55 Å². The second kappa shape index (κ2) is 13.9. The van der Waals surface area contributed by atoms with E-state index in [1.54, 1.807) is 25.1 Å². The molecule has 0 fully saturated rings. The Morgan fingerprint density at radius 3 is 2.33 bits per heavy atom. The number of aromatic nitrogens is 2. The first-order chi connectivity index (χ1) is 23.9. The van der Waals surface area contributed by atoms with Gasteiger partial charge in [-0.15, -0.1) is 23.1 Å². The average Bonchev–Trinajstić information content (AvgIpc) is 3.69. The highest BCUT2D eigenvalue weighted by molar-refractivity contribution is 7.98. The predicted octanol–water partition coefficient (Wildman–Crippen LogP) is 9.30. The van der Waals surface area contributed by atoms with Gasteiger partial charge in [-0.2, -0.15) is 0 Å². The number of carbonyl (C=O) groups excluding carboxylic acids is 2. The Hall–Kier alpha value is -5.51. The number of para-hydroxylation sites is 1. The molecule has 5 aromatic carbocycles. The Morgan fingerprint density at radius 1 is 0.837 bits per heavy atom. The summed E-state index contributed by atoms with van der Waals surface area (Å²) in [5.74, 6) is -0.221. The topological polar surface area (TPSA) is 98.5 Å². The van der Waals surface area contributed by atoms with E-state index in [0.717, 1.165) is 37.9 Å². The van der Waals surface area contributed by atoms with Crippen LogP contribution < -0.4 is 4.74 Å². The zero-order chi connectivity index (χ0) is 33.9. The molecular formula is C40H30N2O5S2. The van der Waals surface area contributed by atoms with Crippen molar-refractivity contribution in [1.29, 1.82) is 0 Å². The number of rotatable bonds is 12. The summed E-state index contributed by atoms with van der Waals surface area (Å²) in [6, 6.07) is 37.7. The van der Waals surface area contributed by atoms with Crippen LogP contribution in [0.5, 0.6) is 5.75 Å². The number of thiazole rings is 1. The summed E-state index contributed by atoms with van der Waals surface area (Å²) in [6.07, 6.45) is 0. The SMILES string of the molecule is CC(=O)c1c(CSc2ccccc2C(=O)O)n(Cc2ccc(C(=O)c3nc4ccccc4s3)cc2)c2ccc(OCc3ccccc3)cc12. The molecular weight excluding hydrogens is 653 g/mol. The molecule has 242 valence electrons. The number of carboxylic acids is 1. The fourth-order valence-electron chi connectivity index (χ4n) is 5.89. The van der Waals surface area contributed by atoms with Gasteiger partial charge in [-0.3, -0.25) is 9.59 Å². The van der Waals surface area contributed by atoms with Crippen molar-refractivity contribution < 1.29 is 24.2 Å². The molecule has 0 saturated heterocycles. The van der Waals surface area contributed by atoms with Crippen molar-refractivity contribution >= 4 is 61.8 Å². The predicted molar refractivity (Wildman–Crippen MR) is 194 cm³/mol. The number of thioether (sulfide) groups is 1. The smallest absolute Gasteiger partial charge is 0.336 e. The molecule has 9 heteroatoms. The summed E-state index contributed by atoms with van der Waals surface area (Å²) in [4.78, 5) is 43.8. The molecule has 2 heterocycles. The van der Waals surface area contributed by atoms with Gasteiger partial charge in [-0.25, -0.2) is 9.78 Å². The third kappa shape index (κ3) is 6.76. The minimum absolute atomic E-state index is 0.0946. The summed E-state index contributed by atoms with van der Waals surface area (Å²) < 4.78 is 9.21. The minimum Gasteiger partial charge on any atom is -0.489 e. The number of aromatic carboxylic acids is 1. The van der Waals surface area contributed by atoms with Crippen LogP contribution in [-0.2, 0) is 18.9 Å². The largest absolute Gasteiger partial charge is 0.489 e. The second-order valence-corrected chi connectivity index (χ2v) is 13.6. The average molecular weight is 683 g/mol. The molecule has 0 radical (unpaired) electrons. The summed E-state index contributed by atoms with van der Waals surface area (Å²) in [6.45, 7) is 2.37. The van der Waals surface area contributed by atoms with Crippen LogP contribution in [0.2, 0.25) is 0 Å². The highest BCUT2D eigenvalue weighted by Gasteiger charge is 2.23. The lowest BCUT2D eigenvalue weighted by Crippen LogP contribution is -2.08. The fraction of sp³-hybridized carbons (Fsp3) is 0.100. The Labute approximate surface area is 290 Å². The van der Waals surface area contributed by atoms with E-state index in [1.165, 1.54) is 23.1 Å². The number of ether oxygens (including phenoxy) is 1. The highest BCUT2D eigenvalue weighted by Crippen LogP contribution is 2.36. The van der Waals surface area contributed by atoms with E-state index in [0.29, 0.717) is 45.7 Å². The van der Waals surface area contributed by atoms with Gasteiger partial charge in [0.25, 0.3) is 0 Å². The van der Waals surface area contributed by atoms with E-state index in [1.807, 2.05) is 103 Å². The Kier molecular flexibility index (Phi) is 9.11. The van der Waals surface area contributed by atoms with E-state index < -0.39 is 5.97 Å². The molecule has 7 rings (SSSR count). The van der Waals surface area contributed by atoms with Gasteiger partial charge in [-0.1, -0.05) is 78.9 Å². The number of Topliss-reactive ketones (excluding diaryl/α,β-unsaturated/α-hetero) is 1. The van der Waals surface area contributed by atoms with Crippen molar-refractivity contribution in [3.63, 3.8) is 0 Å². The van der Waals surface area contributed by atoms with Gasteiger partial charge in [0.2, 0.25) is 5.78 Å². The lowest BCUT2D eigenvalue weighted by Gasteiger charge is -2.13. The number of benzene rings is 5. The fourth-order valence-corrected chi connectivity index (χ4v) is 7.90. The molecule has 0 bridgehead atoms. The molecule has 0 aliphatic heterocycles. The van der Waals surface area contributed by atoms with E-state index in [-0.39, 0.29) is 17.1 Å². The van der Waals surface area contributed by atoms with Crippen LogP contribution in [0.25, 0.3) is 21.1 Å². The van der Waals surface area contributed by atoms with E-state index in [4.69, 9.17) is 4.74 Å². The number of nitrogens with zero attached hydrogens (tertiary/aromatic N) is 2. The summed E-state index contributed by atoms with van der Waals surface area (Å²) in [5.41, 5.74) is 5.74. The number of carboxylic acid groups (broad SMARTS) is 1. The third-order valence-electron chi connectivity index (χ3n) is 8.27. The monoisotopic (exact) mass is 682 g/mol. The molecule has 0 unspecified atom stereocenters. The summed E-state index contributed by atoms with van der Waals surface area (Å²) >= 11 is 2.76. The van der Waals surface area contributed by atoms with Crippen molar-refractivity contribution in [2.75, 3.05) is 0 Å². The van der Waals surface area contributed by atoms with Gasteiger partial charge in [0.05, 0.1) is 15.8 Å². The first-order valence-electron chi connectivity index (χ1n) is 15.6. The van der Waals surface area contributed by atoms with Crippen LogP contribution in [0.3, 0.4) is 0 Å². The number of fused-ring (bicyclic) bond motifs is 2. The highest BCUT2D eigenvalue weighted by atomic mass is 32.2. The Bertz CT molecular complexity index is 2310. The number of ketones is 2. The molecule has 0 amide bonds. The van der Waals surface area contributed by atoms with Crippen molar-refractivity contribution in [2.24, 2.45) is 0 Å². The Balaban J connectivity index is 1.24. The molecule has 0 atom stereocenters. The number of hydrogen-bond acceptors (Lipinski definition) is 7. The van der Waals surface area contributed by atoms with Gasteiger partial charge in [0, 0.05) is 44.9 Å². The van der Waals surface area contributed by atoms with Gasteiger partial charge in [0.15, 0.2) is 10.8 Å². The summed E-state index contributed by atoms with van der Waals surface area (Å²) in [5, 5.41) is 11.0. The van der Waals surface area contributed by atoms with Crippen molar-refractivity contribution in [3.8, 4) is 5.75 Å². The zero-order valence-corrected chi connectivity index (χ0v) is 28.1. The van der Waals surface area contributed by atoms with Crippen molar-refractivity contribution in [3.05, 3.63) is 160 Å². The molecule has 0 aliphatic rings. The molecule has 7 nitrogen and oxygen atoms in total. The van der Waals surface area contributed by atoms with Gasteiger partial charge >= 0.3 is 5.97 Å². The molecule has 49 heavy (non-hydrogen) atoms. The number of hydrogen-bond donors (Lipinski definition) is 1. The molecule has 1 N–H and O–H groups in total. The van der Waals surface area contributed by atoms with Crippen molar-refractivity contribution in [2.45, 2.75) is 30.7 Å². The quantitative estimate of drug-likeness (QED) is 0.101. The maximum absolute atomic E-state index is 13.3. The van der Waals surface area contributed by atoms with E-state index in [9.17, 15) is 19.5 Å². The zero-order valence-electron chi connectivity index (χ0n) is 26.5. The van der Waals surface area contributed by atoms with E-state index >= 15 is 0 Å². The molecule has 2 aromatic heterocycles. The maximum atomic E-state index is 13.3. The molecule has 0 saturated carbocycles. The van der Waals surface area contributed by atoms with Crippen LogP contribution in [0.4, 0.5) is 0 Å². The van der Waals surface area contributed by atoms with Crippen LogP contribution >= 0.6 is 23.1 Å². The lowest BCUT2D eigenvalue weighted by atomic mass is 10.1. The summed E-state index contributed by atoms with van der Waals surface area (Å²) in [7, 11) is 0. The first-order valence-corrected chi connectivity index (χ1v) is 17.4. The van der Waals surface area contributed by atoms with Gasteiger partial charge in [0.1, 0.15) is 12.4 Å². The molecule has 0 aliphatic carbocycles. The van der Waals surface area contributed by atoms with Crippen LogP contribution in [0.15, 0.2) is 126 Å². The van der Waals surface area contributed by atoms with Crippen LogP contribution in [-0.4, -0.2) is 32.2 Å². The number of carbonyl (C=O) groups is 3. The Morgan fingerprint density at radius 2 is 1.57 bits per heavy atom. The van der Waals surface area contributed by atoms with Crippen LogP contribution in [0.1, 0.15) is 59.8 Å². The van der Waals surface area contributed by atoms with Gasteiger partial charge < -0.3 is 14.4 Å². The molecule has 0 spiro atoms. The van der Waals surface area contributed by atoms with Crippen LogP contribution in [0, 0.1) is 0 Å². The lowest BCUT2D eigenvalue weighted by molar-refractivity contribution is 0.0692. The third-order valence-corrected chi connectivity index (χ3v) is 10.4.